The quantitative estimate of drug-likeness (QED) is 0.762. The average molecular weight is 347 g/mol. The highest BCUT2D eigenvalue weighted by molar-refractivity contribution is 5.97. The number of nitrogens with one attached hydrogen (secondary N) is 1. The number of fused-ring (bicyclic) bond motifs is 1. The van der Waals surface area contributed by atoms with Crippen LogP contribution in [0.4, 0.5) is 5.82 Å². The van der Waals surface area contributed by atoms with Gasteiger partial charge in [-0.3, -0.25) is 4.79 Å². The molecule has 1 saturated heterocycles. The number of aryl methyl sites for hydroxylation is 1. The van der Waals surface area contributed by atoms with Gasteiger partial charge in [-0.25, -0.2) is 4.98 Å². The van der Waals surface area contributed by atoms with Crippen LogP contribution in [0.25, 0.3) is 21.9 Å². The smallest absolute Gasteiger partial charge is 0.251 e. The average Bonchev–Trinajstić information content (AvgIpc) is 2.60. The number of pyridine rings is 1. The Labute approximate surface area is 152 Å². The van der Waals surface area contributed by atoms with Crippen molar-refractivity contribution in [1.82, 2.24) is 10.3 Å². The number of nitrogens with zero attached hydrogens (tertiary/aromatic N) is 1. The van der Waals surface area contributed by atoms with Gasteiger partial charge in [-0.1, -0.05) is 18.2 Å². The molecule has 5 heteroatoms. The van der Waals surface area contributed by atoms with Crippen LogP contribution in [-0.2, 0) is 4.74 Å². The third kappa shape index (κ3) is 3.02. The van der Waals surface area contributed by atoms with Crippen LogP contribution in [-0.4, -0.2) is 29.6 Å². The van der Waals surface area contributed by atoms with E-state index in [0.29, 0.717) is 24.6 Å². The van der Waals surface area contributed by atoms with Crippen LogP contribution >= 0.6 is 0 Å². The Kier molecular flexibility index (Phi) is 3.89. The molecule has 4 rings (SSSR count). The first-order valence-electron chi connectivity index (χ1n) is 8.60. The fourth-order valence-electron chi connectivity index (χ4n) is 3.23. The van der Waals surface area contributed by atoms with Gasteiger partial charge in [0.05, 0.1) is 18.8 Å². The van der Waals surface area contributed by atoms with Crippen LogP contribution in [0.2, 0.25) is 0 Å². The summed E-state index contributed by atoms with van der Waals surface area (Å²) < 4.78 is 5.21. The summed E-state index contributed by atoms with van der Waals surface area (Å²) in [6.45, 7) is 5.14. The number of nitrogens with two attached hydrogens (primary N) is 1. The fourth-order valence-corrected chi connectivity index (χ4v) is 3.23. The second-order valence-electron chi connectivity index (χ2n) is 7.21. The molecule has 2 heterocycles. The molecule has 0 unspecified atom stereocenters. The van der Waals surface area contributed by atoms with Gasteiger partial charge in [-0.15, -0.1) is 0 Å². The van der Waals surface area contributed by atoms with Crippen LogP contribution in [0.5, 0.6) is 0 Å². The number of rotatable bonds is 3. The maximum Gasteiger partial charge on any atom is 0.251 e. The molecule has 3 N–H and O–H groups in total. The molecule has 1 amide bonds. The minimum absolute atomic E-state index is 0.0766. The number of aromatic nitrogens is 1. The lowest BCUT2D eigenvalue weighted by Crippen LogP contribution is -2.59. The Morgan fingerprint density at radius 1 is 1.15 bits per heavy atom. The highest BCUT2D eigenvalue weighted by Gasteiger charge is 2.35. The molecule has 1 aromatic heterocycles. The van der Waals surface area contributed by atoms with Gasteiger partial charge in [-0.2, -0.15) is 0 Å². The summed E-state index contributed by atoms with van der Waals surface area (Å²) >= 11 is 0. The summed E-state index contributed by atoms with van der Waals surface area (Å²) in [6, 6.07) is 13.8. The summed E-state index contributed by atoms with van der Waals surface area (Å²) in [5.74, 6) is 0.431. The normalized spacial score (nSPS) is 15.5. The maximum atomic E-state index is 12.6. The zero-order valence-electron chi connectivity index (χ0n) is 14.9. The number of nitrogen functional groups attached to an aromatic ring is 1. The van der Waals surface area contributed by atoms with Crippen molar-refractivity contribution in [2.24, 2.45) is 0 Å². The van der Waals surface area contributed by atoms with Crippen molar-refractivity contribution in [1.29, 1.82) is 0 Å². The Morgan fingerprint density at radius 2 is 1.96 bits per heavy atom. The second-order valence-corrected chi connectivity index (χ2v) is 7.21. The minimum atomic E-state index is -0.267. The van der Waals surface area contributed by atoms with E-state index in [-0.39, 0.29) is 11.4 Å². The van der Waals surface area contributed by atoms with E-state index < -0.39 is 0 Å². The predicted molar refractivity (Wildman–Crippen MR) is 103 cm³/mol. The van der Waals surface area contributed by atoms with Crippen molar-refractivity contribution < 1.29 is 9.53 Å². The molecule has 0 saturated carbocycles. The monoisotopic (exact) mass is 347 g/mol. The molecule has 0 bridgehead atoms. The third-order valence-electron chi connectivity index (χ3n) is 4.81. The Morgan fingerprint density at radius 3 is 2.69 bits per heavy atom. The molecule has 0 aliphatic carbocycles. The van der Waals surface area contributed by atoms with Gasteiger partial charge in [0.1, 0.15) is 5.82 Å². The summed E-state index contributed by atoms with van der Waals surface area (Å²) in [5, 5.41) is 5.12. The highest BCUT2D eigenvalue weighted by Crippen LogP contribution is 2.28. The summed E-state index contributed by atoms with van der Waals surface area (Å²) in [7, 11) is 0. The molecule has 1 aliphatic rings. The largest absolute Gasteiger partial charge is 0.384 e. The molecule has 5 nitrogen and oxygen atoms in total. The van der Waals surface area contributed by atoms with Gasteiger partial charge in [0.15, 0.2) is 0 Å². The van der Waals surface area contributed by atoms with Crippen LogP contribution in [0.15, 0.2) is 48.7 Å². The number of benzene rings is 2. The van der Waals surface area contributed by atoms with E-state index in [0.717, 1.165) is 27.5 Å². The van der Waals surface area contributed by atoms with Crippen LogP contribution < -0.4 is 11.1 Å². The number of carbonyl (C=O) groups is 1. The van der Waals surface area contributed by atoms with Gasteiger partial charge in [0.25, 0.3) is 5.91 Å². The number of anilines is 1. The zero-order valence-corrected chi connectivity index (χ0v) is 14.9. The van der Waals surface area contributed by atoms with Crippen molar-refractivity contribution >= 4 is 22.5 Å². The third-order valence-corrected chi connectivity index (χ3v) is 4.81. The fraction of sp³-hybridized carbons (Fsp3) is 0.238. The first-order chi connectivity index (χ1) is 12.4. The van der Waals surface area contributed by atoms with E-state index in [9.17, 15) is 4.79 Å². The van der Waals surface area contributed by atoms with E-state index in [2.05, 4.69) is 16.4 Å². The Balaban J connectivity index is 1.70. The van der Waals surface area contributed by atoms with Crippen molar-refractivity contribution in [2.75, 3.05) is 18.9 Å². The first kappa shape index (κ1) is 16.5. The molecule has 2 aromatic carbocycles. The van der Waals surface area contributed by atoms with Crippen molar-refractivity contribution in [3.8, 4) is 11.1 Å². The molecule has 0 spiro atoms. The van der Waals surface area contributed by atoms with E-state index in [1.165, 1.54) is 0 Å². The molecule has 3 aromatic rings. The highest BCUT2D eigenvalue weighted by atomic mass is 16.5. The van der Waals surface area contributed by atoms with Gasteiger partial charge >= 0.3 is 0 Å². The standard InChI is InChI=1S/C21H21N3O2/c1-13-3-4-16(20(25)24-21(2)11-26-12-21)8-18(13)15-6-5-14-9-19(22)23-10-17(14)7-15/h3-10H,11-12H2,1-2H3,(H2,22,23)(H,24,25). The second kappa shape index (κ2) is 6.11. The zero-order chi connectivity index (χ0) is 18.3. The molecular weight excluding hydrogens is 326 g/mol. The van der Waals surface area contributed by atoms with Crippen molar-refractivity contribution in [3.05, 3.63) is 59.8 Å². The van der Waals surface area contributed by atoms with Gasteiger partial charge in [-0.05, 0) is 60.2 Å². The molecule has 0 radical (unpaired) electrons. The number of amides is 1. The number of carbonyl (C=O) groups excluding carboxylic acids is 1. The summed E-state index contributed by atoms with van der Waals surface area (Å²) in [4.78, 5) is 16.8. The minimum Gasteiger partial charge on any atom is -0.384 e. The van der Waals surface area contributed by atoms with Crippen molar-refractivity contribution in [3.63, 3.8) is 0 Å². The number of ether oxygens (including phenoxy) is 1. The number of hydrogen-bond acceptors (Lipinski definition) is 4. The Bertz CT molecular complexity index is 1010. The lowest BCUT2D eigenvalue weighted by molar-refractivity contribution is -0.0593. The molecule has 1 aliphatic heterocycles. The van der Waals surface area contributed by atoms with E-state index in [1.54, 1.807) is 6.20 Å². The number of hydrogen-bond donors (Lipinski definition) is 2. The maximum absolute atomic E-state index is 12.6. The topological polar surface area (TPSA) is 77.2 Å². The predicted octanol–water partition coefficient (Wildman–Crippen LogP) is 3.31. The van der Waals surface area contributed by atoms with E-state index in [1.807, 2.05) is 50.2 Å². The van der Waals surface area contributed by atoms with Gasteiger partial charge in [0.2, 0.25) is 0 Å². The van der Waals surface area contributed by atoms with Crippen LogP contribution in [0, 0.1) is 6.92 Å². The molecular formula is C21H21N3O2. The molecule has 26 heavy (non-hydrogen) atoms. The van der Waals surface area contributed by atoms with Crippen molar-refractivity contribution in [2.45, 2.75) is 19.4 Å². The lowest BCUT2D eigenvalue weighted by atomic mass is 9.95. The molecule has 132 valence electrons. The van der Waals surface area contributed by atoms with Gasteiger partial charge < -0.3 is 15.8 Å². The Hall–Kier alpha value is -2.92. The molecule has 0 atom stereocenters. The van der Waals surface area contributed by atoms with E-state index in [4.69, 9.17) is 10.5 Å². The lowest BCUT2D eigenvalue weighted by Gasteiger charge is -2.38. The SMILES string of the molecule is Cc1ccc(C(=O)NC2(C)COC2)cc1-c1ccc2cc(N)ncc2c1. The van der Waals surface area contributed by atoms with Crippen LogP contribution in [0.3, 0.4) is 0 Å². The summed E-state index contributed by atoms with van der Waals surface area (Å²) in [6.07, 6.45) is 1.78. The van der Waals surface area contributed by atoms with Crippen LogP contribution in [0.1, 0.15) is 22.8 Å². The first-order valence-corrected chi connectivity index (χ1v) is 8.60. The van der Waals surface area contributed by atoms with Gasteiger partial charge in [0, 0.05) is 17.1 Å². The molecule has 1 fully saturated rings. The van der Waals surface area contributed by atoms with E-state index >= 15 is 0 Å². The summed E-state index contributed by atoms with van der Waals surface area (Å²) in [5.41, 5.74) is 9.33.